The first-order valence-electron chi connectivity index (χ1n) is 5.97. The second-order valence-corrected chi connectivity index (χ2v) is 4.93. The summed E-state index contributed by atoms with van der Waals surface area (Å²) in [6.07, 6.45) is 0. The first-order valence-corrected chi connectivity index (χ1v) is 6.34. The third kappa shape index (κ3) is 3.52. The van der Waals surface area contributed by atoms with Gasteiger partial charge in [0.1, 0.15) is 0 Å². The van der Waals surface area contributed by atoms with Gasteiger partial charge in [-0.1, -0.05) is 25.4 Å². The van der Waals surface area contributed by atoms with Gasteiger partial charge in [0.2, 0.25) is 11.8 Å². The number of halogens is 1. The van der Waals surface area contributed by atoms with Crippen molar-refractivity contribution in [1.29, 1.82) is 0 Å². The van der Waals surface area contributed by atoms with Crippen LogP contribution in [0.15, 0.2) is 22.6 Å². The first-order chi connectivity index (χ1) is 9.45. The Balaban J connectivity index is 2.25. The molecular formula is C12H13ClN4O3. The van der Waals surface area contributed by atoms with Crippen molar-refractivity contribution in [1.82, 2.24) is 15.5 Å². The van der Waals surface area contributed by atoms with E-state index in [1.807, 2.05) is 13.8 Å². The van der Waals surface area contributed by atoms with Gasteiger partial charge >= 0.3 is 0 Å². The minimum absolute atomic E-state index is 0.118. The van der Waals surface area contributed by atoms with Gasteiger partial charge in [-0.25, -0.2) is 0 Å². The lowest BCUT2D eigenvalue weighted by Gasteiger charge is -2.03. The van der Waals surface area contributed by atoms with E-state index in [1.54, 1.807) is 6.07 Å². The zero-order valence-electron chi connectivity index (χ0n) is 11.0. The van der Waals surface area contributed by atoms with Gasteiger partial charge in [0.25, 0.3) is 5.69 Å². The van der Waals surface area contributed by atoms with E-state index in [0.29, 0.717) is 18.0 Å². The summed E-state index contributed by atoms with van der Waals surface area (Å²) in [5.41, 5.74) is 0.306. The lowest BCUT2D eigenvalue weighted by molar-refractivity contribution is -0.384. The molecule has 2 aromatic rings. The number of non-ortho nitro benzene ring substituents is 1. The van der Waals surface area contributed by atoms with Crippen molar-refractivity contribution >= 4 is 17.3 Å². The minimum Gasteiger partial charge on any atom is -0.419 e. The van der Waals surface area contributed by atoms with Gasteiger partial charge < -0.3 is 9.73 Å². The summed E-state index contributed by atoms with van der Waals surface area (Å²) in [7, 11) is 0. The van der Waals surface area contributed by atoms with Gasteiger partial charge in [-0.3, -0.25) is 10.1 Å². The SMILES string of the molecule is CC(C)NCc1nnc(-c2cc(Cl)cc([N+](=O)[O-])c2)o1. The van der Waals surface area contributed by atoms with E-state index in [4.69, 9.17) is 16.0 Å². The summed E-state index contributed by atoms with van der Waals surface area (Å²) >= 11 is 5.85. The van der Waals surface area contributed by atoms with E-state index >= 15 is 0 Å². The first kappa shape index (κ1) is 14.4. The molecule has 1 aromatic carbocycles. The molecule has 106 valence electrons. The molecule has 0 aliphatic heterocycles. The number of benzene rings is 1. The molecule has 0 amide bonds. The number of nitrogens with zero attached hydrogens (tertiary/aromatic N) is 3. The van der Waals surface area contributed by atoms with E-state index in [1.165, 1.54) is 12.1 Å². The molecule has 20 heavy (non-hydrogen) atoms. The molecule has 0 saturated carbocycles. The number of hydrogen-bond acceptors (Lipinski definition) is 6. The molecule has 0 saturated heterocycles. The molecule has 0 bridgehead atoms. The number of nitro groups is 1. The van der Waals surface area contributed by atoms with E-state index in [2.05, 4.69) is 15.5 Å². The van der Waals surface area contributed by atoms with Crippen LogP contribution in [-0.4, -0.2) is 21.2 Å². The Hall–Kier alpha value is -1.99. The average Bonchev–Trinajstić information content (AvgIpc) is 2.84. The largest absolute Gasteiger partial charge is 0.419 e. The highest BCUT2D eigenvalue weighted by Crippen LogP contribution is 2.27. The molecule has 2 rings (SSSR count). The van der Waals surface area contributed by atoms with Crippen molar-refractivity contribution in [3.05, 3.63) is 39.2 Å². The van der Waals surface area contributed by atoms with Gasteiger partial charge in [-0.2, -0.15) is 0 Å². The van der Waals surface area contributed by atoms with Crippen LogP contribution >= 0.6 is 11.6 Å². The summed E-state index contributed by atoms with van der Waals surface area (Å²) in [6, 6.07) is 4.45. The highest BCUT2D eigenvalue weighted by molar-refractivity contribution is 6.31. The fourth-order valence-corrected chi connectivity index (χ4v) is 1.77. The van der Waals surface area contributed by atoms with Crippen LogP contribution in [0, 0.1) is 10.1 Å². The van der Waals surface area contributed by atoms with E-state index in [0.717, 1.165) is 0 Å². The molecule has 1 N–H and O–H groups in total. The predicted molar refractivity (Wildman–Crippen MR) is 73.4 cm³/mol. The van der Waals surface area contributed by atoms with E-state index in [9.17, 15) is 10.1 Å². The monoisotopic (exact) mass is 296 g/mol. The van der Waals surface area contributed by atoms with E-state index in [-0.39, 0.29) is 22.6 Å². The standard InChI is InChI=1S/C12H13ClN4O3/c1-7(2)14-6-11-15-16-12(20-11)8-3-9(13)5-10(4-8)17(18)19/h3-5,7,14H,6H2,1-2H3. The molecular weight excluding hydrogens is 284 g/mol. The number of rotatable bonds is 5. The van der Waals surface area contributed by atoms with Crippen molar-refractivity contribution in [2.24, 2.45) is 0 Å². The van der Waals surface area contributed by atoms with Crippen LogP contribution in [0.25, 0.3) is 11.5 Å². The van der Waals surface area contributed by atoms with Gasteiger partial charge in [0.15, 0.2) is 0 Å². The molecule has 0 radical (unpaired) electrons. The van der Waals surface area contributed by atoms with E-state index < -0.39 is 4.92 Å². The quantitative estimate of drug-likeness (QED) is 0.673. The molecule has 0 atom stereocenters. The van der Waals surface area contributed by atoms with Crippen molar-refractivity contribution < 1.29 is 9.34 Å². The highest BCUT2D eigenvalue weighted by Gasteiger charge is 2.14. The van der Waals surface area contributed by atoms with Crippen LogP contribution in [-0.2, 0) is 6.54 Å². The smallest absolute Gasteiger partial charge is 0.271 e. The molecule has 0 spiro atoms. The number of hydrogen-bond donors (Lipinski definition) is 1. The topological polar surface area (TPSA) is 94.1 Å². The van der Waals surface area contributed by atoms with Crippen molar-refractivity contribution in [3.63, 3.8) is 0 Å². The van der Waals surface area contributed by atoms with Crippen LogP contribution < -0.4 is 5.32 Å². The Bertz CT molecular complexity index is 627. The zero-order valence-corrected chi connectivity index (χ0v) is 11.7. The van der Waals surface area contributed by atoms with Crippen LogP contribution in [0.1, 0.15) is 19.7 Å². The van der Waals surface area contributed by atoms with Gasteiger partial charge in [0, 0.05) is 28.8 Å². The molecule has 8 heteroatoms. The minimum atomic E-state index is -0.521. The fraction of sp³-hybridized carbons (Fsp3) is 0.333. The second kappa shape index (κ2) is 5.98. The summed E-state index contributed by atoms with van der Waals surface area (Å²) < 4.78 is 5.44. The molecule has 0 fully saturated rings. The maximum absolute atomic E-state index is 10.8. The lowest BCUT2D eigenvalue weighted by Crippen LogP contribution is -2.21. The normalized spacial score (nSPS) is 11.0. The highest BCUT2D eigenvalue weighted by atomic mass is 35.5. The summed E-state index contributed by atoms with van der Waals surface area (Å²) in [5.74, 6) is 0.618. The molecule has 1 heterocycles. The van der Waals surface area contributed by atoms with Crippen LogP contribution in [0.2, 0.25) is 5.02 Å². The fourth-order valence-electron chi connectivity index (χ4n) is 1.54. The van der Waals surface area contributed by atoms with Gasteiger partial charge in [-0.05, 0) is 6.07 Å². The number of aromatic nitrogens is 2. The average molecular weight is 297 g/mol. The maximum Gasteiger partial charge on any atom is 0.271 e. The van der Waals surface area contributed by atoms with Crippen molar-refractivity contribution in [2.75, 3.05) is 0 Å². The lowest BCUT2D eigenvalue weighted by atomic mass is 10.2. The van der Waals surface area contributed by atoms with Crippen LogP contribution in [0.4, 0.5) is 5.69 Å². The molecule has 1 aromatic heterocycles. The Morgan fingerprint density at radius 3 is 2.80 bits per heavy atom. The Kier molecular flexibility index (Phi) is 4.31. The summed E-state index contributed by atoms with van der Waals surface area (Å²) in [4.78, 5) is 10.3. The van der Waals surface area contributed by atoms with Crippen molar-refractivity contribution in [2.45, 2.75) is 26.4 Å². The van der Waals surface area contributed by atoms with Crippen molar-refractivity contribution in [3.8, 4) is 11.5 Å². The van der Waals surface area contributed by atoms with Gasteiger partial charge in [-0.15, -0.1) is 10.2 Å². The van der Waals surface area contributed by atoms with Gasteiger partial charge in [0.05, 0.1) is 11.5 Å². The second-order valence-electron chi connectivity index (χ2n) is 4.49. The molecule has 7 nitrogen and oxygen atoms in total. The number of nitrogens with one attached hydrogen (secondary N) is 1. The maximum atomic E-state index is 10.8. The Morgan fingerprint density at radius 2 is 2.15 bits per heavy atom. The molecule has 0 unspecified atom stereocenters. The third-order valence-electron chi connectivity index (χ3n) is 2.47. The Morgan fingerprint density at radius 1 is 1.40 bits per heavy atom. The number of nitro benzene ring substituents is 1. The molecule has 0 aliphatic carbocycles. The van der Waals surface area contributed by atoms with Crippen LogP contribution in [0.3, 0.4) is 0 Å². The summed E-state index contributed by atoms with van der Waals surface area (Å²) in [5, 5.41) is 21.9. The van der Waals surface area contributed by atoms with Crippen LogP contribution in [0.5, 0.6) is 0 Å². The third-order valence-corrected chi connectivity index (χ3v) is 2.69. The predicted octanol–water partition coefficient (Wildman–Crippen LogP) is 2.80. The summed E-state index contributed by atoms with van der Waals surface area (Å²) in [6.45, 7) is 4.43. The Labute approximate surface area is 120 Å². The zero-order chi connectivity index (χ0) is 14.7. The molecule has 0 aliphatic rings.